The van der Waals surface area contributed by atoms with Crippen LogP contribution in [-0.2, 0) is 0 Å². The summed E-state index contributed by atoms with van der Waals surface area (Å²) in [5.41, 5.74) is 0. The summed E-state index contributed by atoms with van der Waals surface area (Å²) < 4.78 is 0. The number of likely N-dealkylation sites (N-methyl/N-ethyl adjacent to an activating group) is 1. The topological polar surface area (TPSA) is 15.3 Å². The number of nitrogens with one attached hydrogen (secondary N) is 1. The van der Waals surface area contributed by atoms with E-state index in [0.29, 0.717) is 0 Å². The Morgan fingerprint density at radius 1 is 1.31 bits per heavy atom. The van der Waals surface area contributed by atoms with Crippen LogP contribution < -0.4 is 5.32 Å². The fourth-order valence-corrected chi connectivity index (χ4v) is 2.65. The average Bonchev–Trinajstić information content (AvgIpc) is 2.25. The highest BCUT2D eigenvalue weighted by Crippen LogP contribution is 2.20. The Bertz CT molecular complexity index is 147. The lowest BCUT2D eigenvalue weighted by Crippen LogP contribution is -2.40. The van der Waals surface area contributed by atoms with Crippen LogP contribution in [-0.4, -0.2) is 37.1 Å². The Balaban J connectivity index is 2.65. The number of rotatable bonds is 2. The van der Waals surface area contributed by atoms with E-state index in [1.165, 1.54) is 19.4 Å². The van der Waals surface area contributed by atoms with Gasteiger partial charge in [0.25, 0.3) is 0 Å². The molecule has 0 saturated carbocycles. The van der Waals surface area contributed by atoms with Gasteiger partial charge in [0.05, 0.1) is 0 Å². The van der Waals surface area contributed by atoms with Gasteiger partial charge in [0, 0.05) is 25.2 Å². The van der Waals surface area contributed by atoms with Crippen molar-refractivity contribution in [1.29, 1.82) is 0 Å². The van der Waals surface area contributed by atoms with Gasteiger partial charge in [-0.3, -0.25) is 0 Å². The van der Waals surface area contributed by atoms with Gasteiger partial charge in [0.2, 0.25) is 0 Å². The van der Waals surface area contributed by atoms with Gasteiger partial charge in [-0.25, -0.2) is 0 Å². The second kappa shape index (κ2) is 4.97. The van der Waals surface area contributed by atoms with Gasteiger partial charge in [0.1, 0.15) is 0 Å². The zero-order valence-corrected chi connectivity index (χ0v) is 9.51. The van der Waals surface area contributed by atoms with Crippen LogP contribution in [0, 0.1) is 5.92 Å². The van der Waals surface area contributed by atoms with Gasteiger partial charge in [-0.05, 0) is 25.8 Å². The van der Waals surface area contributed by atoms with E-state index in [0.717, 1.165) is 24.5 Å². The predicted molar refractivity (Wildman–Crippen MR) is 58.0 cm³/mol. The van der Waals surface area contributed by atoms with E-state index in [2.05, 4.69) is 38.0 Å². The maximum Gasteiger partial charge on any atom is 0.0131 e. The molecule has 0 spiro atoms. The quantitative estimate of drug-likeness (QED) is 0.703. The van der Waals surface area contributed by atoms with Crippen LogP contribution >= 0.6 is 0 Å². The molecule has 0 aliphatic carbocycles. The lowest BCUT2D eigenvalue weighted by molar-refractivity contribution is 0.183. The first-order valence-corrected chi connectivity index (χ1v) is 5.64. The van der Waals surface area contributed by atoms with Crippen molar-refractivity contribution in [3.63, 3.8) is 0 Å². The molecular formula is C11H24N2. The zero-order chi connectivity index (χ0) is 9.84. The molecule has 1 unspecified atom stereocenters. The summed E-state index contributed by atoms with van der Waals surface area (Å²) in [6.45, 7) is 9.31. The Morgan fingerprint density at radius 2 is 2.00 bits per heavy atom. The molecule has 1 N–H and O–H groups in total. The molecule has 0 aromatic heterocycles. The van der Waals surface area contributed by atoms with Crippen LogP contribution in [0.25, 0.3) is 0 Å². The van der Waals surface area contributed by atoms with Crippen molar-refractivity contribution in [3.05, 3.63) is 0 Å². The second-order valence-corrected chi connectivity index (χ2v) is 4.28. The Labute approximate surface area is 82.7 Å². The molecule has 2 heteroatoms. The van der Waals surface area contributed by atoms with Gasteiger partial charge >= 0.3 is 0 Å². The van der Waals surface area contributed by atoms with E-state index in [4.69, 9.17) is 0 Å². The van der Waals surface area contributed by atoms with Crippen LogP contribution in [0.15, 0.2) is 0 Å². The first-order chi connectivity index (χ1) is 6.20. The zero-order valence-electron chi connectivity index (χ0n) is 9.51. The third-order valence-corrected chi connectivity index (χ3v) is 3.54. The van der Waals surface area contributed by atoms with Crippen LogP contribution in [0.5, 0.6) is 0 Å². The van der Waals surface area contributed by atoms with Gasteiger partial charge in [-0.2, -0.15) is 0 Å². The van der Waals surface area contributed by atoms with Gasteiger partial charge in [-0.1, -0.05) is 20.8 Å². The summed E-state index contributed by atoms with van der Waals surface area (Å²) in [6, 6.07) is 1.48. The SMILES string of the molecule is CCC1NCCN(C)[C@@H](CC)[C@@H]1C. The summed E-state index contributed by atoms with van der Waals surface area (Å²) >= 11 is 0. The highest BCUT2D eigenvalue weighted by molar-refractivity contribution is 4.86. The van der Waals surface area contributed by atoms with Crippen LogP contribution in [0.4, 0.5) is 0 Å². The Hall–Kier alpha value is -0.0800. The lowest BCUT2D eigenvalue weighted by Gasteiger charge is -2.32. The molecule has 1 saturated heterocycles. The van der Waals surface area contributed by atoms with Crippen LogP contribution in [0.2, 0.25) is 0 Å². The van der Waals surface area contributed by atoms with Crippen molar-refractivity contribution >= 4 is 0 Å². The third kappa shape index (κ3) is 2.44. The molecule has 0 radical (unpaired) electrons. The van der Waals surface area contributed by atoms with E-state index >= 15 is 0 Å². The fourth-order valence-electron chi connectivity index (χ4n) is 2.65. The van der Waals surface area contributed by atoms with E-state index in [1.54, 1.807) is 0 Å². The minimum Gasteiger partial charge on any atom is -0.312 e. The molecule has 1 fully saturated rings. The number of hydrogen-bond acceptors (Lipinski definition) is 2. The Kier molecular flexibility index (Phi) is 4.20. The summed E-state index contributed by atoms with van der Waals surface area (Å²) in [5, 5.41) is 3.63. The lowest BCUT2D eigenvalue weighted by atomic mass is 9.90. The van der Waals surface area contributed by atoms with Gasteiger partial charge in [-0.15, -0.1) is 0 Å². The minimum atomic E-state index is 0.717. The van der Waals surface area contributed by atoms with E-state index in [-0.39, 0.29) is 0 Å². The summed E-state index contributed by atoms with van der Waals surface area (Å²) in [5.74, 6) is 0.780. The molecule has 13 heavy (non-hydrogen) atoms. The minimum absolute atomic E-state index is 0.717. The van der Waals surface area contributed by atoms with E-state index < -0.39 is 0 Å². The molecule has 3 atom stereocenters. The Morgan fingerprint density at radius 3 is 2.54 bits per heavy atom. The standard InChI is InChI=1S/C11H24N2/c1-5-10-9(3)11(6-2)13(4)8-7-12-10/h9-12H,5-8H2,1-4H3/t9-,10?,11+/m1/s1. The molecule has 1 aliphatic heterocycles. The first-order valence-electron chi connectivity index (χ1n) is 5.64. The smallest absolute Gasteiger partial charge is 0.0131 e. The third-order valence-electron chi connectivity index (χ3n) is 3.54. The largest absolute Gasteiger partial charge is 0.312 e. The molecule has 2 nitrogen and oxygen atoms in total. The van der Waals surface area contributed by atoms with Crippen molar-refractivity contribution in [2.24, 2.45) is 5.92 Å². The summed E-state index contributed by atoms with van der Waals surface area (Å²) in [7, 11) is 2.25. The van der Waals surface area contributed by atoms with Gasteiger partial charge in [0.15, 0.2) is 0 Å². The normalized spacial score (nSPS) is 37.4. The molecule has 0 amide bonds. The molecule has 1 heterocycles. The van der Waals surface area contributed by atoms with Crippen LogP contribution in [0.3, 0.4) is 0 Å². The molecule has 78 valence electrons. The predicted octanol–water partition coefficient (Wildman–Crippen LogP) is 1.71. The number of nitrogens with zero attached hydrogens (tertiary/aromatic N) is 1. The highest BCUT2D eigenvalue weighted by Gasteiger charge is 2.28. The molecule has 0 aromatic rings. The van der Waals surface area contributed by atoms with Crippen LogP contribution in [0.1, 0.15) is 33.6 Å². The van der Waals surface area contributed by atoms with Crippen molar-refractivity contribution in [1.82, 2.24) is 10.2 Å². The fraction of sp³-hybridized carbons (Fsp3) is 1.00. The maximum atomic E-state index is 3.63. The monoisotopic (exact) mass is 184 g/mol. The number of hydrogen-bond donors (Lipinski definition) is 1. The van der Waals surface area contributed by atoms with Gasteiger partial charge < -0.3 is 10.2 Å². The van der Waals surface area contributed by atoms with Crippen molar-refractivity contribution in [2.45, 2.75) is 45.7 Å². The summed E-state index contributed by atoms with van der Waals surface area (Å²) in [4.78, 5) is 2.51. The van der Waals surface area contributed by atoms with Crippen molar-refractivity contribution < 1.29 is 0 Å². The summed E-state index contributed by atoms with van der Waals surface area (Å²) in [6.07, 6.45) is 2.53. The van der Waals surface area contributed by atoms with E-state index in [1.807, 2.05) is 0 Å². The molecular weight excluding hydrogens is 160 g/mol. The first kappa shape index (κ1) is 11.0. The molecule has 1 rings (SSSR count). The highest BCUT2D eigenvalue weighted by atomic mass is 15.2. The maximum absolute atomic E-state index is 3.63. The van der Waals surface area contributed by atoms with E-state index in [9.17, 15) is 0 Å². The van der Waals surface area contributed by atoms with Crippen molar-refractivity contribution in [3.8, 4) is 0 Å². The average molecular weight is 184 g/mol. The molecule has 0 aromatic carbocycles. The molecule has 1 aliphatic rings. The second-order valence-electron chi connectivity index (χ2n) is 4.28. The molecule has 0 bridgehead atoms. The van der Waals surface area contributed by atoms with Crippen molar-refractivity contribution in [2.75, 3.05) is 20.1 Å².